The van der Waals surface area contributed by atoms with Gasteiger partial charge in [-0.3, -0.25) is 14.4 Å². The summed E-state index contributed by atoms with van der Waals surface area (Å²) in [5.74, 6) is -0.0810. The zero-order valence-electron chi connectivity index (χ0n) is 17.6. The topological polar surface area (TPSA) is 78.5 Å². The molecule has 1 fully saturated rings. The number of hydrogen-bond donors (Lipinski definition) is 2. The first-order chi connectivity index (χ1) is 14.5. The van der Waals surface area contributed by atoms with E-state index in [1.165, 1.54) is 0 Å². The quantitative estimate of drug-likeness (QED) is 0.705. The molecular weight excluding hydrogens is 378 g/mol. The largest absolute Gasteiger partial charge is 0.350 e. The predicted octanol–water partition coefficient (Wildman–Crippen LogP) is 3.27. The number of likely N-dealkylation sites (tertiary alicyclic amines) is 1. The van der Waals surface area contributed by atoms with Gasteiger partial charge in [0.25, 0.3) is 11.8 Å². The summed E-state index contributed by atoms with van der Waals surface area (Å²) in [5, 5.41) is 5.85. The van der Waals surface area contributed by atoms with Crippen molar-refractivity contribution in [2.75, 3.05) is 6.54 Å². The Kier molecular flexibility index (Phi) is 7.22. The van der Waals surface area contributed by atoms with Gasteiger partial charge in [-0.2, -0.15) is 0 Å². The molecule has 0 aromatic heterocycles. The van der Waals surface area contributed by atoms with Crippen molar-refractivity contribution < 1.29 is 14.4 Å². The zero-order valence-corrected chi connectivity index (χ0v) is 17.6. The Bertz CT molecular complexity index is 908. The molecule has 3 rings (SSSR count). The van der Waals surface area contributed by atoms with E-state index in [2.05, 4.69) is 10.6 Å². The number of carbonyl (C=O) groups excluding carboxylic acids is 3. The lowest BCUT2D eigenvalue weighted by atomic mass is 10.1. The third-order valence-corrected chi connectivity index (χ3v) is 5.39. The molecule has 2 aromatic rings. The second-order valence-electron chi connectivity index (χ2n) is 7.78. The molecule has 30 heavy (non-hydrogen) atoms. The fourth-order valence-electron chi connectivity index (χ4n) is 3.37. The molecule has 1 unspecified atom stereocenters. The molecule has 6 nitrogen and oxygen atoms in total. The van der Waals surface area contributed by atoms with E-state index in [0.717, 1.165) is 30.5 Å². The van der Waals surface area contributed by atoms with Gasteiger partial charge in [-0.1, -0.05) is 31.2 Å². The van der Waals surface area contributed by atoms with Crippen LogP contribution < -0.4 is 10.6 Å². The van der Waals surface area contributed by atoms with E-state index in [0.29, 0.717) is 30.6 Å². The highest BCUT2D eigenvalue weighted by molar-refractivity contribution is 5.95. The van der Waals surface area contributed by atoms with Gasteiger partial charge in [-0.15, -0.1) is 0 Å². The maximum Gasteiger partial charge on any atom is 0.251 e. The van der Waals surface area contributed by atoms with E-state index in [-0.39, 0.29) is 23.8 Å². The summed E-state index contributed by atoms with van der Waals surface area (Å²) >= 11 is 0. The van der Waals surface area contributed by atoms with Gasteiger partial charge in [0.2, 0.25) is 5.91 Å². The van der Waals surface area contributed by atoms with Crippen LogP contribution in [0.3, 0.4) is 0 Å². The molecule has 1 aliphatic rings. The Morgan fingerprint density at radius 2 is 1.80 bits per heavy atom. The summed E-state index contributed by atoms with van der Waals surface area (Å²) in [6.45, 7) is 5.69. The predicted molar refractivity (Wildman–Crippen MR) is 116 cm³/mol. The minimum absolute atomic E-state index is 0.0896. The van der Waals surface area contributed by atoms with Gasteiger partial charge in [-0.05, 0) is 55.2 Å². The van der Waals surface area contributed by atoms with Gasteiger partial charge in [0.15, 0.2) is 0 Å². The van der Waals surface area contributed by atoms with Crippen LogP contribution in [0.1, 0.15) is 65.0 Å². The third kappa shape index (κ3) is 5.69. The Morgan fingerprint density at radius 1 is 1.03 bits per heavy atom. The van der Waals surface area contributed by atoms with E-state index in [4.69, 9.17) is 0 Å². The van der Waals surface area contributed by atoms with E-state index in [1.54, 1.807) is 18.2 Å². The molecule has 0 bridgehead atoms. The Balaban J connectivity index is 1.54. The number of carbonyl (C=O) groups is 3. The van der Waals surface area contributed by atoms with Gasteiger partial charge < -0.3 is 15.5 Å². The maximum absolute atomic E-state index is 12.5. The Labute approximate surface area is 177 Å². The highest BCUT2D eigenvalue weighted by Crippen LogP contribution is 2.15. The molecule has 0 spiro atoms. The summed E-state index contributed by atoms with van der Waals surface area (Å²) in [5.41, 5.74) is 3.05. The lowest BCUT2D eigenvalue weighted by molar-refractivity contribution is -0.128. The standard InChI is InChI=1S/C24H29N3O3/c1-3-17(2)26-24(30)20-11-9-18(10-12-20)15-25-23(29)21-7-4-6-19(14-21)16-27-13-5-8-22(27)28/h4,6-7,9-12,14,17H,3,5,8,13,15-16H2,1-2H3,(H,25,29)(H,26,30). The van der Waals surface area contributed by atoms with Gasteiger partial charge in [0, 0.05) is 43.2 Å². The van der Waals surface area contributed by atoms with Crippen LogP contribution in [0.2, 0.25) is 0 Å². The number of amides is 3. The van der Waals surface area contributed by atoms with E-state index in [1.807, 2.05) is 49.1 Å². The van der Waals surface area contributed by atoms with Gasteiger partial charge in [0.1, 0.15) is 0 Å². The Morgan fingerprint density at radius 3 is 2.47 bits per heavy atom. The van der Waals surface area contributed by atoms with Crippen molar-refractivity contribution in [1.29, 1.82) is 0 Å². The molecule has 0 aliphatic carbocycles. The van der Waals surface area contributed by atoms with Crippen LogP contribution in [-0.2, 0) is 17.9 Å². The van der Waals surface area contributed by atoms with Crippen molar-refractivity contribution in [3.05, 3.63) is 70.8 Å². The lowest BCUT2D eigenvalue weighted by Crippen LogP contribution is -2.31. The third-order valence-electron chi connectivity index (χ3n) is 5.39. The van der Waals surface area contributed by atoms with Crippen molar-refractivity contribution in [2.24, 2.45) is 0 Å². The molecule has 1 atom stereocenters. The molecule has 0 saturated carbocycles. The summed E-state index contributed by atoms with van der Waals surface area (Å²) in [4.78, 5) is 38.3. The van der Waals surface area contributed by atoms with Crippen molar-refractivity contribution in [3.63, 3.8) is 0 Å². The number of rotatable bonds is 8. The second-order valence-corrected chi connectivity index (χ2v) is 7.78. The lowest BCUT2D eigenvalue weighted by Gasteiger charge is -2.16. The van der Waals surface area contributed by atoms with Crippen LogP contribution >= 0.6 is 0 Å². The minimum Gasteiger partial charge on any atom is -0.350 e. The van der Waals surface area contributed by atoms with Crippen molar-refractivity contribution in [1.82, 2.24) is 15.5 Å². The first-order valence-corrected chi connectivity index (χ1v) is 10.5. The molecule has 1 aliphatic heterocycles. The van der Waals surface area contributed by atoms with Crippen molar-refractivity contribution >= 4 is 17.7 Å². The number of hydrogen-bond acceptors (Lipinski definition) is 3. The molecule has 1 heterocycles. The van der Waals surface area contributed by atoms with Gasteiger partial charge in [0.05, 0.1) is 0 Å². The second kappa shape index (κ2) is 10.1. The van der Waals surface area contributed by atoms with E-state index < -0.39 is 0 Å². The monoisotopic (exact) mass is 407 g/mol. The van der Waals surface area contributed by atoms with Gasteiger partial charge >= 0.3 is 0 Å². The molecule has 1 saturated heterocycles. The normalized spacial score (nSPS) is 14.5. The number of nitrogens with one attached hydrogen (secondary N) is 2. The van der Waals surface area contributed by atoms with E-state index >= 15 is 0 Å². The van der Waals surface area contributed by atoms with Crippen LogP contribution in [0, 0.1) is 0 Å². The van der Waals surface area contributed by atoms with E-state index in [9.17, 15) is 14.4 Å². The molecule has 0 radical (unpaired) electrons. The number of benzene rings is 2. The summed E-state index contributed by atoms with van der Waals surface area (Å²) in [7, 11) is 0. The fraction of sp³-hybridized carbons (Fsp3) is 0.375. The molecule has 2 N–H and O–H groups in total. The van der Waals surface area contributed by atoms with Gasteiger partial charge in [-0.25, -0.2) is 0 Å². The Hall–Kier alpha value is -3.15. The molecular formula is C24H29N3O3. The van der Waals surface area contributed by atoms with Crippen LogP contribution in [-0.4, -0.2) is 35.2 Å². The zero-order chi connectivity index (χ0) is 21.5. The van der Waals surface area contributed by atoms with Crippen LogP contribution in [0.15, 0.2) is 48.5 Å². The highest BCUT2D eigenvalue weighted by Gasteiger charge is 2.20. The van der Waals surface area contributed by atoms with Crippen LogP contribution in [0.5, 0.6) is 0 Å². The average Bonchev–Trinajstić information content (AvgIpc) is 3.16. The average molecular weight is 408 g/mol. The van der Waals surface area contributed by atoms with Crippen molar-refractivity contribution in [2.45, 2.75) is 52.2 Å². The summed E-state index contributed by atoms with van der Waals surface area (Å²) < 4.78 is 0. The molecule has 3 amide bonds. The fourth-order valence-corrected chi connectivity index (χ4v) is 3.37. The minimum atomic E-state index is -0.164. The smallest absolute Gasteiger partial charge is 0.251 e. The molecule has 158 valence electrons. The van der Waals surface area contributed by atoms with Crippen LogP contribution in [0.4, 0.5) is 0 Å². The first-order valence-electron chi connectivity index (χ1n) is 10.5. The summed E-state index contributed by atoms with van der Waals surface area (Å²) in [6, 6.07) is 14.8. The maximum atomic E-state index is 12.5. The molecule has 2 aromatic carbocycles. The SMILES string of the molecule is CCC(C)NC(=O)c1ccc(CNC(=O)c2cccc(CN3CCCC3=O)c2)cc1. The van der Waals surface area contributed by atoms with Crippen molar-refractivity contribution in [3.8, 4) is 0 Å². The molecule has 6 heteroatoms. The first kappa shape index (κ1) is 21.6. The highest BCUT2D eigenvalue weighted by atomic mass is 16.2. The number of nitrogens with zero attached hydrogens (tertiary/aromatic N) is 1. The summed E-state index contributed by atoms with van der Waals surface area (Å²) in [6.07, 6.45) is 2.39. The van der Waals surface area contributed by atoms with Crippen LogP contribution in [0.25, 0.3) is 0 Å².